The molecule has 0 fully saturated rings. The largest absolute Gasteiger partial charge is 0.349 e. The fourth-order valence-corrected chi connectivity index (χ4v) is 2.10. The summed E-state index contributed by atoms with van der Waals surface area (Å²) in [6, 6.07) is 7.72. The molecular formula is C13H18BrNO. The van der Waals surface area contributed by atoms with E-state index in [0.29, 0.717) is 11.5 Å². The van der Waals surface area contributed by atoms with E-state index >= 15 is 0 Å². The SMILES string of the molecule is CCC(NC(=O)c1ccccc1Br)C(C)C. The van der Waals surface area contributed by atoms with Gasteiger partial charge < -0.3 is 5.32 Å². The number of carbonyl (C=O) groups is 1. The number of nitrogens with one attached hydrogen (secondary N) is 1. The highest BCUT2D eigenvalue weighted by molar-refractivity contribution is 9.10. The lowest BCUT2D eigenvalue weighted by molar-refractivity contribution is 0.0924. The molecule has 1 N–H and O–H groups in total. The molecule has 2 nitrogen and oxygen atoms in total. The summed E-state index contributed by atoms with van der Waals surface area (Å²) >= 11 is 3.38. The molecule has 1 aromatic carbocycles. The van der Waals surface area contributed by atoms with Gasteiger partial charge in [-0.15, -0.1) is 0 Å². The summed E-state index contributed by atoms with van der Waals surface area (Å²) < 4.78 is 0.839. The maximum absolute atomic E-state index is 12.0. The summed E-state index contributed by atoms with van der Waals surface area (Å²) in [6.07, 6.45) is 0.952. The lowest BCUT2D eigenvalue weighted by Gasteiger charge is -2.20. The molecule has 3 heteroatoms. The van der Waals surface area contributed by atoms with Crippen LogP contribution in [0.15, 0.2) is 28.7 Å². The molecule has 0 aliphatic heterocycles. The van der Waals surface area contributed by atoms with Gasteiger partial charge in [-0.25, -0.2) is 0 Å². The molecule has 0 saturated carbocycles. The summed E-state index contributed by atoms with van der Waals surface area (Å²) in [6.45, 7) is 6.33. The van der Waals surface area contributed by atoms with Gasteiger partial charge in [0.05, 0.1) is 5.56 Å². The Balaban J connectivity index is 2.76. The number of hydrogen-bond acceptors (Lipinski definition) is 1. The highest BCUT2D eigenvalue weighted by Crippen LogP contribution is 2.16. The molecular weight excluding hydrogens is 266 g/mol. The Morgan fingerprint density at radius 1 is 1.38 bits per heavy atom. The third kappa shape index (κ3) is 3.34. The molecule has 1 amide bonds. The summed E-state index contributed by atoms with van der Waals surface area (Å²) in [4.78, 5) is 12.0. The molecule has 16 heavy (non-hydrogen) atoms. The van der Waals surface area contributed by atoms with Gasteiger partial charge >= 0.3 is 0 Å². The van der Waals surface area contributed by atoms with Crippen molar-refractivity contribution >= 4 is 21.8 Å². The van der Waals surface area contributed by atoms with Gasteiger partial charge in [-0.05, 0) is 40.4 Å². The predicted octanol–water partition coefficient (Wildman–Crippen LogP) is 3.61. The fourth-order valence-electron chi connectivity index (χ4n) is 1.63. The van der Waals surface area contributed by atoms with Crippen molar-refractivity contribution in [3.05, 3.63) is 34.3 Å². The van der Waals surface area contributed by atoms with Crippen molar-refractivity contribution in [3.8, 4) is 0 Å². The lowest BCUT2D eigenvalue weighted by Crippen LogP contribution is -2.38. The Labute approximate surface area is 106 Å². The van der Waals surface area contributed by atoms with Crippen LogP contribution < -0.4 is 5.32 Å². The highest BCUT2D eigenvalue weighted by Gasteiger charge is 2.16. The molecule has 0 spiro atoms. The highest BCUT2D eigenvalue weighted by atomic mass is 79.9. The van der Waals surface area contributed by atoms with E-state index in [1.54, 1.807) is 0 Å². The predicted molar refractivity (Wildman–Crippen MR) is 70.5 cm³/mol. The molecule has 0 aromatic heterocycles. The maximum atomic E-state index is 12.0. The Hall–Kier alpha value is -0.830. The van der Waals surface area contributed by atoms with Crippen LogP contribution in [-0.4, -0.2) is 11.9 Å². The van der Waals surface area contributed by atoms with E-state index in [4.69, 9.17) is 0 Å². The third-order valence-electron chi connectivity index (χ3n) is 2.68. The van der Waals surface area contributed by atoms with Crippen LogP contribution in [0.4, 0.5) is 0 Å². The van der Waals surface area contributed by atoms with Crippen molar-refractivity contribution in [2.45, 2.75) is 33.2 Å². The van der Waals surface area contributed by atoms with Crippen LogP contribution in [-0.2, 0) is 0 Å². The lowest BCUT2D eigenvalue weighted by atomic mass is 10.0. The number of amides is 1. The van der Waals surface area contributed by atoms with Crippen LogP contribution in [0.2, 0.25) is 0 Å². The average molecular weight is 284 g/mol. The molecule has 1 atom stereocenters. The molecule has 88 valence electrons. The number of rotatable bonds is 4. The Morgan fingerprint density at radius 2 is 2.00 bits per heavy atom. The minimum Gasteiger partial charge on any atom is -0.349 e. The van der Waals surface area contributed by atoms with Crippen molar-refractivity contribution in [2.75, 3.05) is 0 Å². The second kappa shape index (κ2) is 6.04. The molecule has 0 radical (unpaired) electrons. The van der Waals surface area contributed by atoms with Crippen molar-refractivity contribution in [2.24, 2.45) is 5.92 Å². The third-order valence-corrected chi connectivity index (χ3v) is 3.37. The molecule has 0 bridgehead atoms. The normalized spacial score (nSPS) is 12.6. The van der Waals surface area contributed by atoms with Crippen LogP contribution in [0, 0.1) is 5.92 Å². The van der Waals surface area contributed by atoms with Gasteiger partial charge in [-0.2, -0.15) is 0 Å². The van der Waals surface area contributed by atoms with Crippen LogP contribution in [0.25, 0.3) is 0 Å². The first kappa shape index (κ1) is 13.2. The van der Waals surface area contributed by atoms with E-state index in [0.717, 1.165) is 10.9 Å². The van der Waals surface area contributed by atoms with E-state index in [1.807, 2.05) is 24.3 Å². The Bertz CT molecular complexity index is 363. The molecule has 1 aromatic rings. The topological polar surface area (TPSA) is 29.1 Å². The van der Waals surface area contributed by atoms with Crippen LogP contribution >= 0.6 is 15.9 Å². The van der Waals surface area contributed by atoms with Crippen molar-refractivity contribution in [1.29, 1.82) is 0 Å². The van der Waals surface area contributed by atoms with Crippen LogP contribution in [0.5, 0.6) is 0 Å². The minimum atomic E-state index is -0.00646. The van der Waals surface area contributed by atoms with Gasteiger partial charge in [0.15, 0.2) is 0 Å². The molecule has 0 aliphatic carbocycles. The number of benzene rings is 1. The van der Waals surface area contributed by atoms with Crippen molar-refractivity contribution < 1.29 is 4.79 Å². The fraction of sp³-hybridized carbons (Fsp3) is 0.462. The van der Waals surface area contributed by atoms with Gasteiger partial charge in [0.25, 0.3) is 5.91 Å². The first-order chi connectivity index (χ1) is 7.56. The smallest absolute Gasteiger partial charge is 0.252 e. The van der Waals surface area contributed by atoms with Gasteiger partial charge in [0, 0.05) is 10.5 Å². The quantitative estimate of drug-likeness (QED) is 0.899. The Kier molecular flexibility index (Phi) is 5.00. The molecule has 0 saturated heterocycles. The van der Waals surface area contributed by atoms with Crippen LogP contribution in [0.3, 0.4) is 0 Å². The standard InChI is InChI=1S/C13H18BrNO/c1-4-12(9(2)3)15-13(16)10-7-5-6-8-11(10)14/h5-9,12H,4H2,1-3H3,(H,15,16). The van der Waals surface area contributed by atoms with Gasteiger partial charge in [-0.3, -0.25) is 4.79 Å². The molecule has 0 heterocycles. The van der Waals surface area contributed by atoms with Crippen molar-refractivity contribution in [3.63, 3.8) is 0 Å². The zero-order valence-corrected chi connectivity index (χ0v) is 11.5. The summed E-state index contributed by atoms with van der Waals surface area (Å²) in [7, 11) is 0. The van der Waals surface area contributed by atoms with Crippen molar-refractivity contribution in [1.82, 2.24) is 5.32 Å². The second-order valence-electron chi connectivity index (χ2n) is 4.21. The molecule has 1 rings (SSSR count). The van der Waals surface area contributed by atoms with E-state index in [2.05, 4.69) is 42.0 Å². The first-order valence-corrected chi connectivity index (χ1v) is 6.41. The maximum Gasteiger partial charge on any atom is 0.252 e. The van der Waals surface area contributed by atoms with Gasteiger partial charge in [-0.1, -0.05) is 32.9 Å². The summed E-state index contributed by atoms with van der Waals surface area (Å²) in [5.74, 6) is 0.449. The van der Waals surface area contributed by atoms with E-state index < -0.39 is 0 Å². The number of halogens is 1. The zero-order chi connectivity index (χ0) is 12.1. The average Bonchev–Trinajstić information content (AvgIpc) is 2.25. The first-order valence-electron chi connectivity index (χ1n) is 5.61. The van der Waals surface area contributed by atoms with E-state index in [1.165, 1.54) is 0 Å². The van der Waals surface area contributed by atoms with E-state index in [-0.39, 0.29) is 11.9 Å². The summed E-state index contributed by atoms with van der Waals surface area (Å²) in [5.41, 5.74) is 0.696. The number of hydrogen-bond donors (Lipinski definition) is 1. The second-order valence-corrected chi connectivity index (χ2v) is 5.07. The van der Waals surface area contributed by atoms with E-state index in [9.17, 15) is 4.79 Å². The number of carbonyl (C=O) groups excluding carboxylic acids is 1. The van der Waals surface area contributed by atoms with Gasteiger partial charge in [0.1, 0.15) is 0 Å². The monoisotopic (exact) mass is 283 g/mol. The van der Waals surface area contributed by atoms with Gasteiger partial charge in [0.2, 0.25) is 0 Å². The summed E-state index contributed by atoms with van der Waals surface area (Å²) in [5, 5.41) is 3.05. The zero-order valence-electron chi connectivity index (χ0n) is 9.96. The minimum absolute atomic E-state index is 0.00646. The Morgan fingerprint density at radius 3 is 2.50 bits per heavy atom. The van der Waals surface area contributed by atoms with Crippen LogP contribution in [0.1, 0.15) is 37.6 Å². The molecule has 1 unspecified atom stereocenters. The molecule has 0 aliphatic rings.